The van der Waals surface area contributed by atoms with Crippen LogP contribution in [0.1, 0.15) is 19.4 Å². The quantitative estimate of drug-likeness (QED) is 0.917. The van der Waals surface area contributed by atoms with Gasteiger partial charge in [-0.1, -0.05) is 17.7 Å². The molecule has 1 fully saturated rings. The smallest absolute Gasteiger partial charge is 0.412 e. The van der Waals surface area contributed by atoms with Crippen molar-refractivity contribution in [2.45, 2.75) is 31.3 Å². The van der Waals surface area contributed by atoms with E-state index in [2.05, 4.69) is 5.32 Å². The lowest BCUT2D eigenvalue weighted by Gasteiger charge is -2.20. The monoisotopic (exact) mass is 325 g/mol. The number of carbonyl (C=O) groups is 1. The first kappa shape index (κ1) is 16.5. The number of amides is 1. The second-order valence-electron chi connectivity index (χ2n) is 5.57. The fraction of sp³-hybridized carbons (Fsp3) is 0.400. The third kappa shape index (κ3) is 3.00. The molecule has 1 aliphatic heterocycles. The minimum Gasteiger partial charge on any atom is -0.437 e. The summed E-state index contributed by atoms with van der Waals surface area (Å²) in [5, 5.41) is 2.48. The molecule has 0 aromatic heterocycles. The molecule has 1 aliphatic rings. The molecule has 120 valence electrons. The summed E-state index contributed by atoms with van der Waals surface area (Å²) in [4.78, 5) is 11.6. The van der Waals surface area contributed by atoms with Crippen LogP contribution in [0, 0.1) is 6.92 Å². The van der Waals surface area contributed by atoms with E-state index in [9.17, 15) is 13.2 Å². The van der Waals surface area contributed by atoms with Crippen LogP contribution in [0.4, 0.5) is 4.79 Å². The second-order valence-corrected chi connectivity index (χ2v) is 7.54. The summed E-state index contributed by atoms with van der Waals surface area (Å²) in [6, 6.07) is 6.50. The molecule has 6 nitrogen and oxygen atoms in total. The summed E-state index contributed by atoms with van der Waals surface area (Å²) >= 11 is 0. The van der Waals surface area contributed by atoms with Gasteiger partial charge in [0.15, 0.2) is 0 Å². The van der Waals surface area contributed by atoms with E-state index in [0.29, 0.717) is 0 Å². The van der Waals surface area contributed by atoms with Crippen LogP contribution in [0.15, 0.2) is 39.8 Å². The van der Waals surface area contributed by atoms with Crippen LogP contribution < -0.4 is 5.32 Å². The van der Waals surface area contributed by atoms with Crippen molar-refractivity contribution in [1.82, 2.24) is 5.32 Å². The maximum Gasteiger partial charge on any atom is 0.412 e. The molecular weight excluding hydrogens is 306 g/mol. The fourth-order valence-electron chi connectivity index (χ4n) is 2.24. The molecule has 1 amide bonds. The average molecular weight is 325 g/mol. The van der Waals surface area contributed by atoms with Crippen LogP contribution >= 0.6 is 0 Å². The molecule has 0 spiro atoms. The number of benzene rings is 1. The molecule has 0 radical (unpaired) electrons. The number of rotatable bonds is 4. The molecule has 1 heterocycles. The average Bonchev–Trinajstić information content (AvgIpc) is 2.69. The Labute approximate surface area is 130 Å². The Morgan fingerprint density at radius 1 is 1.27 bits per heavy atom. The molecule has 0 saturated carbocycles. The first-order chi connectivity index (χ1) is 10.2. The van der Waals surface area contributed by atoms with E-state index in [1.807, 2.05) is 6.92 Å². The van der Waals surface area contributed by atoms with Crippen molar-refractivity contribution in [2.75, 3.05) is 13.7 Å². The molecule has 1 N–H and O–H groups in total. The van der Waals surface area contributed by atoms with Crippen molar-refractivity contribution in [3.63, 3.8) is 0 Å². The van der Waals surface area contributed by atoms with Crippen LogP contribution in [0.2, 0.25) is 0 Å². The highest BCUT2D eigenvalue weighted by molar-refractivity contribution is 7.95. The molecule has 1 saturated heterocycles. The molecule has 7 heteroatoms. The number of hydrogen-bond acceptors (Lipinski definition) is 5. The standard InChI is InChI=1S/C15H19NO5S/c1-10-5-7-11(8-6-10)22(18,19)12(9-20-4)13-15(2,3)21-14(17)16-13/h5-8H,9H2,1-4H3,(H,16,17)/b13-12-. The lowest BCUT2D eigenvalue weighted by molar-refractivity contribution is 0.0970. The Kier molecular flexibility index (Phi) is 4.30. The maximum atomic E-state index is 12.9. The highest BCUT2D eigenvalue weighted by Gasteiger charge is 2.41. The minimum atomic E-state index is -3.80. The molecule has 1 aromatic carbocycles. The van der Waals surface area contributed by atoms with E-state index < -0.39 is 21.5 Å². The Bertz CT molecular complexity index is 717. The van der Waals surface area contributed by atoms with E-state index in [1.54, 1.807) is 26.0 Å². The number of alkyl carbamates (subject to hydrolysis) is 1. The van der Waals surface area contributed by atoms with Crippen LogP contribution in [-0.4, -0.2) is 33.8 Å². The van der Waals surface area contributed by atoms with Crippen molar-refractivity contribution in [3.05, 3.63) is 40.4 Å². The largest absolute Gasteiger partial charge is 0.437 e. The lowest BCUT2D eigenvalue weighted by atomic mass is 10.1. The number of nitrogens with one attached hydrogen (secondary N) is 1. The topological polar surface area (TPSA) is 81.7 Å². The Morgan fingerprint density at radius 2 is 1.86 bits per heavy atom. The normalized spacial score (nSPS) is 19.5. The highest BCUT2D eigenvalue weighted by atomic mass is 32.2. The number of sulfone groups is 1. The molecule has 2 rings (SSSR count). The van der Waals surface area contributed by atoms with Crippen LogP contribution in [0.5, 0.6) is 0 Å². The third-order valence-electron chi connectivity index (χ3n) is 3.39. The summed E-state index contributed by atoms with van der Waals surface area (Å²) in [5.41, 5.74) is 0.112. The van der Waals surface area contributed by atoms with Crippen LogP contribution in [0.3, 0.4) is 0 Å². The summed E-state index contributed by atoms with van der Waals surface area (Å²) in [5.74, 6) is 0. The van der Waals surface area contributed by atoms with E-state index in [0.717, 1.165) is 5.56 Å². The first-order valence-corrected chi connectivity index (χ1v) is 8.21. The Hall–Kier alpha value is -1.86. The van der Waals surface area contributed by atoms with E-state index in [1.165, 1.54) is 19.2 Å². The van der Waals surface area contributed by atoms with Crippen molar-refractivity contribution >= 4 is 15.9 Å². The van der Waals surface area contributed by atoms with Gasteiger partial charge in [0, 0.05) is 7.11 Å². The third-order valence-corrected chi connectivity index (χ3v) is 5.25. The number of ether oxygens (including phenoxy) is 2. The fourth-order valence-corrected chi connectivity index (χ4v) is 3.86. The second kappa shape index (κ2) is 5.73. The van der Waals surface area contributed by atoms with Gasteiger partial charge in [0.2, 0.25) is 9.84 Å². The van der Waals surface area contributed by atoms with Crippen molar-refractivity contribution in [2.24, 2.45) is 0 Å². The van der Waals surface area contributed by atoms with E-state index in [4.69, 9.17) is 9.47 Å². The van der Waals surface area contributed by atoms with Crippen molar-refractivity contribution in [1.29, 1.82) is 0 Å². The Morgan fingerprint density at radius 3 is 2.32 bits per heavy atom. The van der Waals surface area contributed by atoms with Gasteiger partial charge in [0.1, 0.15) is 5.60 Å². The predicted molar refractivity (Wildman–Crippen MR) is 81.0 cm³/mol. The van der Waals surface area contributed by atoms with E-state index in [-0.39, 0.29) is 22.1 Å². The minimum absolute atomic E-state index is 0.00490. The zero-order valence-electron chi connectivity index (χ0n) is 13.0. The first-order valence-electron chi connectivity index (χ1n) is 6.73. The number of hydrogen-bond donors (Lipinski definition) is 1. The van der Waals surface area contributed by atoms with E-state index >= 15 is 0 Å². The summed E-state index contributed by atoms with van der Waals surface area (Å²) in [6.07, 6.45) is -0.673. The van der Waals surface area contributed by atoms with Gasteiger partial charge in [-0.25, -0.2) is 13.2 Å². The van der Waals surface area contributed by atoms with Crippen LogP contribution in [-0.2, 0) is 19.3 Å². The van der Waals surface area contributed by atoms with Crippen LogP contribution in [0.25, 0.3) is 0 Å². The van der Waals surface area contributed by atoms with Gasteiger partial charge in [-0.15, -0.1) is 0 Å². The van der Waals surface area contributed by atoms with Crippen molar-refractivity contribution < 1.29 is 22.7 Å². The zero-order valence-corrected chi connectivity index (χ0v) is 13.8. The van der Waals surface area contributed by atoms with Gasteiger partial charge in [-0.2, -0.15) is 0 Å². The van der Waals surface area contributed by atoms with Gasteiger partial charge in [-0.05, 0) is 32.9 Å². The highest BCUT2D eigenvalue weighted by Crippen LogP contribution is 2.32. The van der Waals surface area contributed by atoms with Gasteiger partial charge >= 0.3 is 6.09 Å². The number of carbonyl (C=O) groups excluding carboxylic acids is 1. The van der Waals surface area contributed by atoms with Gasteiger partial charge in [0.25, 0.3) is 0 Å². The summed E-state index contributed by atoms with van der Waals surface area (Å²) in [6.45, 7) is 4.97. The van der Waals surface area contributed by atoms with Gasteiger partial charge < -0.3 is 9.47 Å². The molecule has 0 unspecified atom stereocenters. The number of methoxy groups -OCH3 is 1. The Balaban J connectivity index is 2.61. The molecule has 22 heavy (non-hydrogen) atoms. The molecule has 0 bridgehead atoms. The molecule has 0 atom stereocenters. The lowest BCUT2D eigenvalue weighted by Crippen LogP contribution is -2.28. The molecular formula is C15H19NO5S. The molecule has 1 aromatic rings. The summed E-state index contributed by atoms with van der Waals surface area (Å²) < 4.78 is 35.9. The SMILES string of the molecule is COC/C(=C1/NC(=O)OC1(C)C)S(=O)(=O)c1ccc(C)cc1. The van der Waals surface area contributed by atoms with Gasteiger partial charge in [-0.3, -0.25) is 5.32 Å². The molecule has 0 aliphatic carbocycles. The zero-order chi connectivity index (χ0) is 16.5. The summed E-state index contributed by atoms with van der Waals surface area (Å²) in [7, 11) is -2.40. The van der Waals surface area contributed by atoms with Crippen molar-refractivity contribution in [3.8, 4) is 0 Å². The number of aryl methyl sites for hydroxylation is 1. The van der Waals surface area contributed by atoms with Gasteiger partial charge in [0.05, 0.1) is 22.1 Å². The maximum absolute atomic E-state index is 12.9. The predicted octanol–water partition coefficient (Wildman–Crippen LogP) is 2.15. The number of cyclic esters (lactones) is 1.